The lowest BCUT2D eigenvalue weighted by molar-refractivity contribution is -0.142. The fourth-order valence-corrected chi connectivity index (χ4v) is 2.24. The third-order valence-electron chi connectivity index (χ3n) is 3.44. The van der Waals surface area contributed by atoms with E-state index in [4.69, 9.17) is 5.11 Å². The molecule has 0 bridgehead atoms. The van der Waals surface area contributed by atoms with Gasteiger partial charge in [0.25, 0.3) is 0 Å². The predicted molar refractivity (Wildman–Crippen MR) is 73.7 cm³/mol. The molecule has 0 aromatic heterocycles. The Bertz CT molecular complexity index is 546. The molecular weight excluding hydrogens is 224 g/mol. The Morgan fingerprint density at radius 1 is 1.17 bits per heavy atom. The Balaban J connectivity index is 2.10. The summed E-state index contributed by atoms with van der Waals surface area (Å²) in [5.74, 6) is -0.908. The number of hydrogen-bond donors (Lipinski definition) is 1. The molecule has 1 atom stereocenters. The molecule has 0 aliphatic carbocycles. The lowest BCUT2D eigenvalue weighted by Gasteiger charge is -2.09. The first-order valence-corrected chi connectivity index (χ1v) is 6.41. The highest BCUT2D eigenvalue weighted by atomic mass is 16.4. The van der Waals surface area contributed by atoms with Crippen molar-refractivity contribution in [2.45, 2.75) is 26.2 Å². The van der Waals surface area contributed by atoms with Gasteiger partial charge < -0.3 is 5.11 Å². The van der Waals surface area contributed by atoms with Crippen LogP contribution in [0.4, 0.5) is 0 Å². The molecule has 94 valence electrons. The average molecular weight is 242 g/mol. The van der Waals surface area contributed by atoms with E-state index >= 15 is 0 Å². The number of aryl methyl sites for hydroxylation is 1. The highest BCUT2D eigenvalue weighted by Gasteiger charge is 2.14. The molecular formula is C16H18O2. The summed E-state index contributed by atoms with van der Waals surface area (Å²) in [4.78, 5) is 11.0. The van der Waals surface area contributed by atoms with Gasteiger partial charge in [-0.25, -0.2) is 0 Å². The van der Waals surface area contributed by atoms with Crippen molar-refractivity contribution in [3.05, 3.63) is 48.0 Å². The summed E-state index contributed by atoms with van der Waals surface area (Å²) in [6.07, 6.45) is 2.24. The van der Waals surface area contributed by atoms with Crippen LogP contribution < -0.4 is 0 Å². The quantitative estimate of drug-likeness (QED) is 0.863. The molecule has 0 amide bonds. The van der Waals surface area contributed by atoms with Gasteiger partial charge in [0.2, 0.25) is 0 Å². The summed E-state index contributed by atoms with van der Waals surface area (Å²) in [5, 5.41) is 11.5. The number of benzene rings is 2. The van der Waals surface area contributed by atoms with Gasteiger partial charge in [0.15, 0.2) is 0 Å². The van der Waals surface area contributed by atoms with E-state index < -0.39 is 5.97 Å². The van der Waals surface area contributed by atoms with Crippen molar-refractivity contribution in [1.29, 1.82) is 0 Å². The van der Waals surface area contributed by atoms with Crippen LogP contribution in [0.3, 0.4) is 0 Å². The zero-order valence-corrected chi connectivity index (χ0v) is 10.6. The molecule has 0 aliphatic rings. The predicted octanol–water partition coefficient (Wildman–Crippen LogP) is 3.88. The van der Waals surface area contributed by atoms with Crippen LogP contribution in [0.15, 0.2) is 42.5 Å². The Morgan fingerprint density at radius 3 is 2.56 bits per heavy atom. The van der Waals surface area contributed by atoms with E-state index in [1.165, 1.54) is 16.3 Å². The Morgan fingerprint density at radius 2 is 1.89 bits per heavy atom. The van der Waals surface area contributed by atoms with E-state index in [1.54, 1.807) is 0 Å². The summed E-state index contributed by atoms with van der Waals surface area (Å²) < 4.78 is 0. The van der Waals surface area contributed by atoms with E-state index in [2.05, 4.69) is 30.3 Å². The topological polar surface area (TPSA) is 37.3 Å². The van der Waals surface area contributed by atoms with Crippen molar-refractivity contribution in [3.8, 4) is 0 Å². The van der Waals surface area contributed by atoms with Crippen molar-refractivity contribution in [1.82, 2.24) is 0 Å². The van der Waals surface area contributed by atoms with Crippen LogP contribution >= 0.6 is 0 Å². The molecule has 0 heterocycles. The number of fused-ring (bicyclic) bond motifs is 1. The SMILES string of the molecule is CCC(CCc1ccc2ccccc2c1)C(=O)O. The minimum Gasteiger partial charge on any atom is -0.481 e. The Kier molecular flexibility index (Phi) is 3.98. The normalized spacial score (nSPS) is 12.5. The number of aliphatic carboxylic acids is 1. The van der Waals surface area contributed by atoms with Crippen LogP contribution in [0.25, 0.3) is 10.8 Å². The van der Waals surface area contributed by atoms with Crippen LogP contribution in [0.2, 0.25) is 0 Å². The number of carboxylic acid groups (broad SMARTS) is 1. The summed E-state index contributed by atoms with van der Waals surface area (Å²) in [7, 11) is 0. The van der Waals surface area contributed by atoms with Gasteiger partial charge in [0.05, 0.1) is 5.92 Å². The van der Waals surface area contributed by atoms with Gasteiger partial charge in [-0.3, -0.25) is 4.79 Å². The fourth-order valence-electron chi connectivity index (χ4n) is 2.24. The lowest BCUT2D eigenvalue weighted by Crippen LogP contribution is -2.13. The molecule has 1 unspecified atom stereocenters. The van der Waals surface area contributed by atoms with E-state index in [1.807, 2.05) is 19.1 Å². The minimum atomic E-state index is -0.682. The second-order valence-corrected chi connectivity index (χ2v) is 4.66. The molecule has 0 saturated heterocycles. The monoisotopic (exact) mass is 242 g/mol. The zero-order chi connectivity index (χ0) is 13.0. The van der Waals surface area contributed by atoms with Crippen LogP contribution in [0.5, 0.6) is 0 Å². The average Bonchev–Trinajstić information content (AvgIpc) is 2.39. The first-order valence-electron chi connectivity index (χ1n) is 6.41. The largest absolute Gasteiger partial charge is 0.481 e. The highest BCUT2D eigenvalue weighted by Crippen LogP contribution is 2.19. The molecule has 2 heteroatoms. The van der Waals surface area contributed by atoms with Crippen LogP contribution in [0.1, 0.15) is 25.3 Å². The number of rotatable bonds is 5. The standard InChI is InChI=1S/C16H18O2/c1-2-13(16(17)18)9-7-12-8-10-14-5-3-4-6-15(14)11-12/h3-6,8,10-11,13H,2,7,9H2,1H3,(H,17,18). The maximum Gasteiger partial charge on any atom is 0.306 e. The van der Waals surface area contributed by atoms with E-state index in [0.717, 1.165) is 6.42 Å². The van der Waals surface area contributed by atoms with E-state index in [-0.39, 0.29) is 5.92 Å². The molecule has 1 N–H and O–H groups in total. The van der Waals surface area contributed by atoms with Crippen molar-refractivity contribution < 1.29 is 9.90 Å². The molecule has 0 fully saturated rings. The third-order valence-corrected chi connectivity index (χ3v) is 3.44. The maximum absolute atomic E-state index is 11.0. The van der Waals surface area contributed by atoms with E-state index in [0.29, 0.717) is 12.8 Å². The summed E-state index contributed by atoms with van der Waals surface area (Å²) >= 11 is 0. The van der Waals surface area contributed by atoms with Crippen LogP contribution in [-0.2, 0) is 11.2 Å². The second kappa shape index (κ2) is 5.67. The molecule has 0 aliphatic heterocycles. The number of carboxylic acids is 1. The summed E-state index contributed by atoms with van der Waals surface area (Å²) in [6.45, 7) is 1.93. The molecule has 2 aromatic rings. The maximum atomic E-state index is 11.0. The van der Waals surface area contributed by atoms with Gasteiger partial charge >= 0.3 is 5.97 Å². The van der Waals surface area contributed by atoms with Crippen molar-refractivity contribution in [3.63, 3.8) is 0 Å². The molecule has 2 nitrogen and oxygen atoms in total. The second-order valence-electron chi connectivity index (χ2n) is 4.66. The Hall–Kier alpha value is -1.83. The number of hydrogen-bond acceptors (Lipinski definition) is 1. The lowest BCUT2D eigenvalue weighted by atomic mass is 9.96. The minimum absolute atomic E-state index is 0.225. The molecule has 0 saturated carbocycles. The van der Waals surface area contributed by atoms with Crippen LogP contribution in [-0.4, -0.2) is 11.1 Å². The highest BCUT2D eigenvalue weighted by molar-refractivity contribution is 5.83. The fraction of sp³-hybridized carbons (Fsp3) is 0.312. The van der Waals surface area contributed by atoms with Crippen molar-refractivity contribution >= 4 is 16.7 Å². The molecule has 18 heavy (non-hydrogen) atoms. The number of carbonyl (C=O) groups is 1. The van der Waals surface area contributed by atoms with Gasteiger partial charge in [-0.2, -0.15) is 0 Å². The van der Waals surface area contributed by atoms with Gasteiger partial charge in [0.1, 0.15) is 0 Å². The van der Waals surface area contributed by atoms with Crippen molar-refractivity contribution in [2.75, 3.05) is 0 Å². The summed E-state index contributed by atoms with van der Waals surface area (Å²) in [6, 6.07) is 14.6. The first kappa shape index (κ1) is 12.6. The van der Waals surface area contributed by atoms with Gasteiger partial charge in [-0.1, -0.05) is 49.4 Å². The van der Waals surface area contributed by atoms with E-state index in [9.17, 15) is 4.79 Å². The van der Waals surface area contributed by atoms with Crippen LogP contribution in [0, 0.1) is 5.92 Å². The zero-order valence-electron chi connectivity index (χ0n) is 10.6. The summed E-state index contributed by atoms with van der Waals surface area (Å²) in [5.41, 5.74) is 1.22. The van der Waals surface area contributed by atoms with Gasteiger partial charge in [0, 0.05) is 0 Å². The molecule has 0 radical (unpaired) electrons. The van der Waals surface area contributed by atoms with Gasteiger partial charge in [-0.05, 0) is 35.6 Å². The molecule has 0 spiro atoms. The van der Waals surface area contributed by atoms with Crippen molar-refractivity contribution in [2.24, 2.45) is 5.92 Å². The smallest absolute Gasteiger partial charge is 0.306 e. The first-order chi connectivity index (χ1) is 8.70. The Labute approximate surface area is 107 Å². The molecule has 2 aromatic carbocycles. The third kappa shape index (κ3) is 2.89. The molecule has 2 rings (SSSR count). The van der Waals surface area contributed by atoms with Gasteiger partial charge in [-0.15, -0.1) is 0 Å².